The predicted molar refractivity (Wildman–Crippen MR) is 85.6 cm³/mol. The molecular formula is C16H23N3O3. The van der Waals surface area contributed by atoms with E-state index in [-0.39, 0.29) is 18.2 Å². The lowest BCUT2D eigenvalue weighted by Crippen LogP contribution is -2.40. The van der Waals surface area contributed by atoms with Crippen molar-refractivity contribution in [2.75, 3.05) is 30.4 Å². The van der Waals surface area contributed by atoms with Gasteiger partial charge in [0.15, 0.2) is 0 Å². The van der Waals surface area contributed by atoms with Gasteiger partial charge in [0.2, 0.25) is 0 Å². The fraction of sp³-hybridized carbons (Fsp3) is 0.562. The van der Waals surface area contributed by atoms with Gasteiger partial charge in [-0.3, -0.25) is 0 Å². The van der Waals surface area contributed by atoms with Crippen LogP contribution in [0.2, 0.25) is 0 Å². The van der Waals surface area contributed by atoms with Gasteiger partial charge in [0.05, 0.1) is 18.3 Å². The van der Waals surface area contributed by atoms with Crippen LogP contribution in [0.15, 0.2) is 18.2 Å². The van der Waals surface area contributed by atoms with Crippen LogP contribution in [-0.2, 0) is 0 Å². The Kier molecular flexibility index (Phi) is 4.38. The molecule has 1 saturated carbocycles. The second kappa shape index (κ2) is 6.44. The molecule has 3 rings (SSSR count). The first-order chi connectivity index (χ1) is 10.6. The third-order valence-electron chi connectivity index (χ3n) is 4.34. The summed E-state index contributed by atoms with van der Waals surface area (Å²) in [6.45, 7) is 1.53. The van der Waals surface area contributed by atoms with E-state index in [1.54, 1.807) is 0 Å². The summed E-state index contributed by atoms with van der Waals surface area (Å²) in [4.78, 5) is 14.2. The molecule has 22 heavy (non-hydrogen) atoms. The number of rotatable bonds is 2. The number of aliphatic hydroxyl groups excluding tert-OH is 1. The fourth-order valence-corrected chi connectivity index (χ4v) is 3.00. The maximum atomic E-state index is 12.1. The molecular weight excluding hydrogens is 282 g/mol. The average molecular weight is 305 g/mol. The highest BCUT2D eigenvalue weighted by atomic mass is 16.5. The number of carbonyl (C=O) groups is 1. The lowest BCUT2D eigenvalue weighted by atomic mass is 9.93. The molecule has 1 aromatic rings. The van der Waals surface area contributed by atoms with Crippen LogP contribution < -0.4 is 20.3 Å². The zero-order chi connectivity index (χ0) is 15.5. The molecule has 0 atom stereocenters. The van der Waals surface area contributed by atoms with Crippen LogP contribution in [0.4, 0.5) is 16.2 Å². The van der Waals surface area contributed by atoms with E-state index in [9.17, 15) is 9.90 Å². The predicted octanol–water partition coefficient (Wildman–Crippen LogP) is 1.94. The van der Waals surface area contributed by atoms with Crippen molar-refractivity contribution in [3.8, 4) is 5.75 Å². The van der Waals surface area contributed by atoms with Crippen LogP contribution >= 0.6 is 0 Å². The molecule has 6 heteroatoms. The minimum absolute atomic E-state index is 0.145. The largest absolute Gasteiger partial charge is 0.490 e. The van der Waals surface area contributed by atoms with E-state index in [1.807, 2.05) is 25.2 Å². The molecule has 0 bridgehead atoms. The summed E-state index contributed by atoms with van der Waals surface area (Å²) >= 11 is 0. The molecule has 1 aliphatic carbocycles. The van der Waals surface area contributed by atoms with Crippen molar-refractivity contribution in [1.82, 2.24) is 5.32 Å². The summed E-state index contributed by atoms with van der Waals surface area (Å²) in [7, 11) is 2.01. The fourth-order valence-electron chi connectivity index (χ4n) is 3.00. The summed E-state index contributed by atoms with van der Waals surface area (Å²) in [6.07, 6.45) is 2.96. The third kappa shape index (κ3) is 3.44. The number of fused-ring (bicyclic) bond motifs is 1. The van der Waals surface area contributed by atoms with Gasteiger partial charge in [0.1, 0.15) is 12.4 Å². The van der Waals surface area contributed by atoms with Crippen LogP contribution in [0.5, 0.6) is 5.75 Å². The van der Waals surface area contributed by atoms with E-state index in [4.69, 9.17) is 4.74 Å². The van der Waals surface area contributed by atoms with E-state index in [1.165, 1.54) is 0 Å². The van der Waals surface area contributed by atoms with Crippen molar-refractivity contribution in [1.29, 1.82) is 0 Å². The minimum Gasteiger partial charge on any atom is -0.490 e. The maximum Gasteiger partial charge on any atom is 0.319 e. The Morgan fingerprint density at radius 3 is 2.86 bits per heavy atom. The van der Waals surface area contributed by atoms with Crippen molar-refractivity contribution in [2.45, 2.75) is 37.8 Å². The Morgan fingerprint density at radius 1 is 1.32 bits per heavy atom. The normalized spacial score (nSPS) is 24.2. The van der Waals surface area contributed by atoms with Gasteiger partial charge in [-0.1, -0.05) is 0 Å². The van der Waals surface area contributed by atoms with Crippen molar-refractivity contribution in [3.63, 3.8) is 0 Å². The van der Waals surface area contributed by atoms with E-state index in [0.29, 0.717) is 6.61 Å². The molecule has 1 aromatic carbocycles. The first-order valence-electron chi connectivity index (χ1n) is 7.85. The number of hydrogen-bond acceptors (Lipinski definition) is 4. The lowest BCUT2D eigenvalue weighted by molar-refractivity contribution is 0.118. The van der Waals surface area contributed by atoms with Gasteiger partial charge in [-0.25, -0.2) is 4.79 Å². The smallest absolute Gasteiger partial charge is 0.319 e. The van der Waals surface area contributed by atoms with Gasteiger partial charge < -0.3 is 25.4 Å². The SMILES string of the molecule is CN1CCOc2ccc(NC(=O)NC3CCC(O)CC3)cc21. The van der Waals surface area contributed by atoms with E-state index in [0.717, 1.165) is 49.4 Å². The number of benzene rings is 1. The molecule has 120 valence electrons. The Labute approximate surface area is 130 Å². The van der Waals surface area contributed by atoms with Gasteiger partial charge >= 0.3 is 6.03 Å². The molecule has 1 fully saturated rings. The molecule has 1 heterocycles. The number of likely N-dealkylation sites (N-methyl/N-ethyl adjacent to an activating group) is 1. The summed E-state index contributed by atoms with van der Waals surface area (Å²) in [6, 6.07) is 5.62. The molecule has 0 radical (unpaired) electrons. The number of urea groups is 1. The number of anilines is 2. The monoisotopic (exact) mass is 305 g/mol. The third-order valence-corrected chi connectivity index (χ3v) is 4.34. The van der Waals surface area contributed by atoms with Crippen LogP contribution in [0.25, 0.3) is 0 Å². The highest BCUT2D eigenvalue weighted by molar-refractivity contribution is 5.90. The summed E-state index contributed by atoms with van der Waals surface area (Å²) in [5.41, 5.74) is 1.74. The first-order valence-corrected chi connectivity index (χ1v) is 7.85. The highest BCUT2D eigenvalue weighted by Gasteiger charge is 2.21. The summed E-state index contributed by atoms with van der Waals surface area (Å²) in [5, 5.41) is 15.3. The molecule has 0 unspecified atom stereocenters. The number of hydrogen-bond donors (Lipinski definition) is 3. The molecule has 0 aromatic heterocycles. The zero-order valence-corrected chi connectivity index (χ0v) is 12.8. The van der Waals surface area contributed by atoms with Crippen LogP contribution in [0.1, 0.15) is 25.7 Å². The van der Waals surface area contributed by atoms with Gasteiger partial charge in [-0.2, -0.15) is 0 Å². The topological polar surface area (TPSA) is 73.8 Å². The number of ether oxygens (including phenoxy) is 1. The maximum absolute atomic E-state index is 12.1. The van der Waals surface area contributed by atoms with Gasteiger partial charge in [0.25, 0.3) is 0 Å². The standard InChI is InChI=1S/C16H23N3O3/c1-19-8-9-22-15-7-4-12(10-14(15)19)18-16(21)17-11-2-5-13(20)6-3-11/h4,7,10-11,13,20H,2-3,5-6,8-9H2,1H3,(H2,17,18,21). The molecule has 0 spiro atoms. The average Bonchev–Trinajstić information content (AvgIpc) is 2.50. The summed E-state index contributed by atoms with van der Waals surface area (Å²) < 4.78 is 5.59. The quantitative estimate of drug-likeness (QED) is 0.781. The van der Waals surface area contributed by atoms with Crippen molar-refractivity contribution < 1.29 is 14.6 Å². The Balaban J connectivity index is 1.58. The van der Waals surface area contributed by atoms with E-state index >= 15 is 0 Å². The van der Waals surface area contributed by atoms with Crippen molar-refractivity contribution in [3.05, 3.63) is 18.2 Å². The molecule has 1 aliphatic heterocycles. The van der Waals surface area contributed by atoms with Gasteiger partial charge in [-0.15, -0.1) is 0 Å². The number of aliphatic hydroxyl groups is 1. The molecule has 2 aliphatic rings. The number of nitrogens with zero attached hydrogens (tertiary/aromatic N) is 1. The molecule has 6 nitrogen and oxygen atoms in total. The van der Waals surface area contributed by atoms with E-state index in [2.05, 4.69) is 15.5 Å². The number of carbonyl (C=O) groups excluding carboxylic acids is 1. The Hall–Kier alpha value is -1.95. The number of nitrogens with one attached hydrogen (secondary N) is 2. The van der Waals surface area contributed by atoms with Crippen LogP contribution in [-0.4, -0.2) is 43.5 Å². The highest BCUT2D eigenvalue weighted by Crippen LogP contribution is 2.33. The molecule has 0 saturated heterocycles. The molecule has 2 amide bonds. The van der Waals surface area contributed by atoms with Gasteiger partial charge in [0, 0.05) is 18.8 Å². The van der Waals surface area contributed by atoms with Crippen molar-refractivity contribution >= 4 is 17.4 Å². The summed E-state index contributed by atoms with van der Waals surface area (Å²) in [5.74, 6) is 0.848. The van der Waals surface area contributed by atoms with Crippen LogP contribution in [0, 0.1) is 0 Å². The van der Waals surface area contributed by atoms with Gasteiger partial charge in [-0.05, 0) is 43.9 Å². The Bertz CT molecular complexity index is 541. The lowest BCUT2D eigenvalue weighted by Gasteiger charge is -2.28. The first kappa shape index (κ1) is 15.0. The zero-order valence-electron chi connectivity index (χ0n) is 12.8. The second-order valence-corrected chi connectivity index (χ2v) is 6.06. The number of amides is 2. The van der Waals surface area contributed by atoms with Crippen LogP contribution in [0.3, 0.4) is 0 Å². The molecule has 3 N–H and O–H groups in total. The Morgan fingerprint density at radius 2 is 2.09 bits per heavy atom. The minimum atomic E-state index is -0.211. The van der Waals surface area contributed by atoms with E-state index < -0.39 is 0 Å². The second-order valence-electron chi connectivity index (χ2n) is 6.06. The van der Waals surface area contributed by atoms with Crippen molar-refractivity contribution in [2.24, 2.45) is 0 Å².